The second-order valence-electron chi connectivity index (χ2n) is 2.97. The molecule has 15 heavy (non-hydrogen) atoms. The first-order valence-corrected chi connectivity index (χ1v) is 5.11. The summed E-state index contributed by atoms with van der Waals surface area (Å²) < 4.78 is 0. The first kappa shape index (κ1) is 9.79. The van der Waals surface area contributed by atoms with Crippen LogP contribution in [0.15, 0.2) is 24.5 Å². The molecule has 2 aromatic heterocycles. The summed E-state index contributed by atoms with van der Waals surface area (Å²) >= 11 is 1.18. The van der Waals surface area contributed by atoms with Crippen molar-refractivity contribution in [2.45, 2.75) is 6.92 Å². The Morgan fingerprint density at radius 2 is 2.33 bits per heavy atom. The molecular weight excluding hydrogens is 212 g/mol. The zero-order valence-electron chi connectivity index (χ0n) is 7.97. The van der Waals surface area contributed by atoms with Gasteiger partial charge in [-0.05, 0) is 19.1 Å². The minimum Gasteiger partial charge on any atom is -0.476 e. The molecule has 0 bridgehead atoms. The summed E-state index contributed by atoms with van der Waals surface area (Å²) in [5, 5.41) is 8.92. The molecule has 0 fully saturated rings. The van der Waals surface area contributed by atoms with Gasteiger partial charge in [0.05, 0.1) is 5.69 Å². The third kappa shape index (κ3) is 1.87. The van der Waals surface area contributed by atoms with Crippen molar-refractivity contribution in [2.24, 2.45) is 0 Å². The molecule has 0 aliphatic rings. The minimum absolute atomic E-state index is 0.117. The predicted octanol–water partition coefficient (Wildman–Crippen LogP) is 2.21. The van der Waals surface area contributed by atoms with E-state index in [1.807, 2.05) is 13.0 Å². The molecule has 0 saturated carbocycles. The maximum Gasteiger partial charge on any atom is 0.365 e. The van der Waals surface area contributed by atoms with Gasteiger partial charge in [-0.3, -0.25) is 4.98 Å². The van der Waals surface area contributed by atoms with E-state index in [0.29, 0.717) is 5.69 Å². The summed E-state index contributed by atoms with van der Waals surface area (Å²) in [5.74, 6) is -0.988. The van der Waals surface area contributed by atoms with E-state index in [4.69, 9.17) is 5.11 Å². The molecule has 0 atom stereocenters. The average Bonchev–Trinajstić information content (AvgIpc) is 2.62. The van der Waals surface area contributed by atoms with Crippen molar-refractivity contribution in [3.8, 4) is 11.3 Å². The molecule has 4 nitrogen and oxygen atoms in total. The standard InChI is InChI=1S/C10H8N2O2S/c1-6-8(7-3-2-4-11-5-7)12-9(15-6)10(13)14/h2-5H,1H3,(H,13,14). The normalized spacial score (nSPS) is 10.2. The Labute approximate surface area is 90.3 Å². The van der Waals surface area contributed by atoms with E-state index < -0.39 is 5.97 Å². The molecule has 1 N–H and O–H groups in total. The first-order valence-electron chi connectivity index (χ1n) is 4.29. The topological polar surface area (TPSA) is 63.1 Å². The molecule has 0 unspecified atom stereocenters. The molecule has 0 amide bonds. The number of carboxylic acids is 1. The zero-order valence-corrected chi connectivity index (χ0v) is 8.78. The largest absolute Gasteiger partial charge is 0.476 e. The second kappa shape index (κ2) is 3.78. The lowest BCUT2D eigenvalue weighted by molar-refractivity contribution is 0.0696. The van der Waals surface area contributed by atoms with Gasteiger partial charge in [0, 0.05) is 22.8 Å². The monoisotopic (exact) mass is 220 g/mol. The van der Waals surface area contributed by atoms with Crippen LogP contribution in [0.25, 0.3) is 11.3 Å². The highest BCUT2D eigenvalue weighted by Gasteiger charge is 2.14. The number of nitrogens with zero attached hydrogens (tertiary/aromatic N) is 2. The molecule has 2 rings (SSSR count). The highest BCUT2D eigenvalue weighted by Crippen LogP contribution is 2.26. The Hall–Kier alpha value is -1.75. The van der Waals surface area contributed by atoms with Crippen molar-refractivity contribution < 1.29 is 9.90 Å². The molecular formula is C10H8N2O2S. The van der Waals surface area contributed by atoms with Crippen LogP contribution in [-0.2, 0) is 0 Å². The summed E-state index contributed by atoms with van der Waals surface area (Å²) in [6.07, 6.45) is 3.34. The van der Waals surface area contributed by atoms with Crippen molar-refractivity contribution in [2.75, 3.05) is 0 Å². The number of hydrogen-bond donors (Lipinski definition) is 1. The molecule has 0 aliphatic heterocycles. The maximum absolute atomic E-state index is 10.7. The number of aromatic nitrogens is 2. The molecule has 5 heteroatoms. The number of carbonyl (C=O) groups is 1. The highest BCUT2D eigenvalue weighted by atomic mass is 32.1. The second-order valence-corrected chi connectivity index (χ2v) is 4.17. The van der Waals surface area contributed by atoms with E-state index in [9.17, 15) is 4.79 Å². The third-order valence-electron chi connectivity index (χ3n) is 1.91. The number of carboxylic acid groups (broad SMARTS) is 1. The Balaban J connectivity index is 2.50. The van der Waals surface area contributed by atoms with Crippen LogP contribution >= 0.6 is 11.3 Å². The molecule has 0 spiro atoms. The summed E-state index contributed by atoms with van der Waals surface area (Å²) in [4.78, 5) is 19.7. The van der Waals surface area contributed by atoms with Gasteiger partial charge >= 0.3 is 5.97 Å². The van der Waals surface area contributed by atoms with E-state index in [1.165, 1.54) is 11.3 Å². The van der Waals surface area contributed by atoms with Crippen LogP contribution < -0.4 is 0 Å². The van der Waals surface area contributed by atoms with Gasteiger partial charge in [-0.15, -0.1) is 11.3 Å². The lowest BCUT2D eigenvalue weighted by Crippen LogP contribution is -1.94. The first-order chi connectivity index (χ1) is 7.18. The van der Waals surface area contributed by atoms with Crippen LogP contribution in [-0.4, -0.2) is 21.0 Å². The van der Waals surface area contributed by atoms with Crippen molar-refractivity contribution >= 4 is 17.3 Å². The molecule has 0 radical (unpaired) electrons. The van der Waals surface area contributed by atoms with Gasteiger partial charge in [0.1, 0.15) is 0 Å². The van der Waals surface area contributed by atoms with Crippen LogP contribution in [0.3, 0.4) is 0 Å². The molecule has 76 valence electrons. The fourth-order valence-corrected chi connectivity index (χ4v) is 2.03. The van der Waals surface area contributed by atoms with E-state index in [2.05, 4.69) is 9.97 Å². The van der Waals surface area contributed by atoms with Crippen molar-refractivity contribution in [1.29, 1.82) is 0 Å². The van der Waals surface area contributed by atoms with E-state index in [0.717, 1.165) is 10.4 Å². The number of rotatable bonds is 2. The van der Waals surface area contributed by atoms with Crippen molar-refractivity contribution in [3.63, 3.8) is 0 Å². The Bertz CT molecular complexity index is 493. The van der Waals surface area contributed by atoms with Crippen LogP contribution in [0, 0.1) is 6.92 Å². The Morgan fingerprint density at radius 3 is 2.87 bits per heavy atom. The van der Waals surface area contributed by atoms with Crippen LogP contribution in [0.1, 0.15) is 14.7 Å². The Kier molecular flexibility index (Phi) is 2.47. The molecule has 2 heterocycles. The fourth-order valence-electron chi connectivity index (χ4n) is 1.26. The van der Waals surface area contributed by atoms with Crippen molar-refractivity contribution in [3.05, 3.63) is 34.4 Å². The fraction of sp³-hybridized carbons (Fsp3) is 0.100. The van der Waals surface area contributed by atoms with Crippen LogP contribution in [0.5, 0.6) is 0 Å². The number of aromatic carboxylic acids is 1. The SMILES string of the molecule is Cc1sc(C(=O)O)nc1-c1cccnc1. The van der Waals surface area contributed by atoms with Gasteiger partial charge in [-0.2, -0.15) is 0 Å². The smallest absolute Gasteiger partial charge is 0.365 e. The maximum atomic E-state index is 10.7. The summed E-state index contributed by atoms with van der Waals surface area (Å²) in [5.41, 5.74) is 1.55. The lowest BCUT2D eigenvalue weighted by atomic mass is 10.2. The molecule has 0 aliphatic carbocycles. The lowest BCUT2D eigenvalue weighted by Gasteiger charge is -1.95. The summed E-state index contributed by atoms with van der Waals surface area (Å²) in [7, 11) is 0. The molecule has 0 saturated heterocycles. The molecule has 2 aromatic rings. The van der Waals surface area contributed by atoms with E-state index >= 15 is 0 Å². The van der Waals surface area contributed by atoms with Crippen LogP contribution in [0.2, 0.25) is 0 Å². The van der Waals surface area contributed by atoms with Gasteiger partial charge < -0.3 is 5.11 Å². The molecule has 0 aromatic carbocycles. The number of hydrogen-bond acceptors (Lipinski definition) is 4. The zero-order chi connectivity index (χ0) is 10.8. The van der Waals surface area contributed by atoms with E-state index in [1.54, 1.807) is 18.5 Å². The Morgan fingerprint density at radius 1 is 1.53 bits per heavy atom. The summed E-state index contributed by atoms with van der Waals surface area (Å²) in [6.45, 7) is 1.85. The third-order valence-corrected chi connectivity index (χ3v) is 2.87. The van der Waals surface area contributed by atoms with Gasteiger partial charge in [-0.25, -0.2) is 9.78 Å². The predicted molar refractivity (Wildman–Crippen MR) is 57.0 cm³/mol. The number of pyridine rings is 1. The number of aryl methyl sites for hydroxylation is 1. The van der Waals surface area contributed by atoms with Gasteiger partial charge in [0.2, 0.25) is 5.01 Å². The van der Waals surface area contributed by atoms with Gasteiger partial charge in [-0.1, -0.05) is 0 Å². The van der Waals surface area contributed by atoms with Crippen molar-refractivity contribution in [1.82, 2.24) is 9.97 Å². The van der Waals surface area contributed by atoms with Gasteiger partial charge in [0.25, 0.3) is 0 Å². The summed E-state index contributed by atoms with van der Waals surface area (Å²) in [6, 6.07) is 3.66. The van der Waals surface area contributed by atoms with E-state index in [-0.39, 0.29) is 5.01 Å². The average molecular weight is 220 g/mol. The number of thiazole rings is 1. The quantitative estimate of drug-likeness (QED) is 0.842. The minimum atomic E-state index is -0.988. The van der Waals surface area contributed by atoms with Crippen LogP contribution in [0.4, 0.5) is 0 Å². The highest BCUT2D eigenvalue weighted by molar-refractivity contribution is 7.13. The van der Waals surface area contributed by atoms with Gasteiger partial charge in [0.15, 0.2) is 0 Å².